The SMILES string of the molecule is C[C@@H](O)Cn1c(-c2cc(=O)c(O)c[nH]2)nn(S(=O)(=O)NC(=O)N2C[C@H](NC(=O)/C(=N\OC(C)(C)C(=O)O)c3csc(NC(=O)OC(C)(C)C)n3)C2=O)c1=O. The average molecular weight is 799 g/mol. The average Bonchev–Trinajstić information content (AvgIpc) is 3.62. The van der Waals surface area contributed by atoms with Gasteiger partial charge < -0.3 is 35.2 Å². The van der Waals surface area contributed by atoms with E-state index in [1.807, 2.05) is 0 Å². The fourth-order valence-corrected chi connectivity index (χ4v) is 5.73. The molecule has 5 amide bonds. The third-order valence-corrected chi connectivity index (χ3v) is 8.67. The largest absolute Gasteiger partial charge is 0.503 e. The number of aromatic hydroxyl groups is 1. The number of ether oxygens (including phenoxy) is 1. The number of carbonyl (C=O) groups is 5. The first-order valence-electron chi connectivity index (χ1n) is 15.3. The molecule has 54 heavy (non-hydrogen) atoms. The topological polar surface area (TPSA) is 336 Å². The van der Waals surface area contributed by atoms with Crippen LogP contribution in [0, 0.1) is 0 Å². The van der Waals surface area contributed by atoms with E-state index in [-0.39, 0.29) is 20.6 Å². The summed E-state index contributed by atoms with van der Waals surface area (Å²) >= 11 is 0.832. The minimum absolute atomic E-state index is 0.0562. The normalized spacial score (nSPS) is 15.5. The summed E-state index contributed by atoms with van der Waals surface area (Å²) in [5.74, 6) is -4.89. The van der Waals surface area contributed by atoms with Crippen molar-refractivity contribution in [2.24, 2.45) is 5.16 Å². The molecule has 7 N–H and O–H groups in total. The number of carboxylic acid groups (broad SMARTS) is 1. The molecule has 4 heterocycles. The van der Waals surface area contributed by atoms with Crippen molar-refractivity contribution in [1.82, 2.24) is 38.7 Å². The number of hydrogen-bond donors (Lipinski definition) is 7. The van der Waals surface area contributed by atoms with Crippen molar-refractivity contribution in [3.63, 3.8) is 0 Å². The number of pyridine rings is 1. The number of carbonyl (C=O) groups excluding carboxylic acids is 4. The number of amides is 5. The van der Waals surface area contributed by atoms with Gasteiger partial charge >= 0.3 is 34.0 Å². The number of rotatable bonds is 12. The molecule has 0 radical (unpaired) electrons. The maximum Gasteiger partial charge on any atom is 0.413 e. The Kier molecular flexibility index (Phi) is 11.3. The highest BCUT2D eigenvalue weighted by Crippen LogP contribution is 2.20. The number of nitrogens with zero attached hydrogens (tertiary/aromatic N) is 6. The van der Waals surface area contributed by atoms with Crippen LogP contribution in [0.3, 0.4) is 0 Å². The van der Waals surface area contributed by atoms with Gasteiger partial charge in [0.15, 0.2) is 22.4 Å². The first kappa shape index (κ1) is 40.6. The van der Waals surface area contributed by atoms with Crippen LogP contribution in [-0.4, -0.2) is 118 Å². The number of oxime groups is 1. The second-order valence-corrected chi connectivity index (χ2v) is 15.3. The van der Waals surface area contributed by atoms with Gasteiger partial charge in [-0.1, -0.05) is 9.24 Å². The number of aromatic amines is 1. The first-order chi connectivity index (χ1) is 24.9. The molecular formula is C28H34N10O14S2. The zero-order valence-corrected chi connectivity index (χ0v) is 30.8. The Bertz CT molecular complexity index is 2260. The molecule has 4 rings (SSSR count). The fourth-order valence-electron chi connectivity index (χ4n) is 4.14. The zero-order valence-electron chi connectivity index (χ0n) is 29.1. The van der Waals surface area contributed by atoms with Crippen LogP contribution < -0.4 is 26.5 Å². The Morgan fingerprint density at radius 3 is 2.41 bits per heavy atom. The molecule has 0 unspecified atom stereocenters. The lowest BCUT2D eigenvalue weighted by molar-refractivity contribution is -0.161. The number of urea groups is 1. The highest BCUT2D eigenvalue weighted by molar-refractivity contribution is 7.88. The number of aliphatic carboxylic acids is 1. The van der Waals surface area contributed by atoms with Crippen LogP contribution in [0.1, 0.15) is 47.2 Å². The summed E-state index contributed by atoms with van der Waals surface area (Å²) in [4.78, 5) is 99.8. The number of anilines is 1. The maximum absolute atomic E-state index is 13.3. The minimum Gasteiger partial charge on any atom is -0.503 e. The predicted octanol–water partition coefficient (Wildman–Crippen LogP) is -1.30. The Labute approximate surface area is 307 Å². The monoisotopic (exact) mass is 798 g/mol. The van der Waals surface area contributed by atoms with Gasteiger partial charge in [0.05, 0.1) is 24.9 Å². The van der Waals surface area contributed by atoms with Crippen molar-refractivity contribution in [1.29, 1.82) is 0 Å². The number of imide groups is 1. The second-order valence-electron chi connectivity index (χ2n) is 12.9. The number of aliphatic hydroxyl groups excluding tert-OH is 1. The fraction of sp³-hybridized carbons (Fsp3) is 0.429. The van der Waals surface area contributed by atoms with Crippen molar-refractivity contribution >= 4 is 62.3 Å². The van der Waals surface area contributed by atoms with Gasteiger partial charge in [-0.2, -0.15) is 8.42 Å². The molecule has 0 aromatic carbocycles. The van der Waals surface area contributed by atoms with E-state index >= 15 is 0 Å². The Hall–Kier alpha value is -6.15. The Morgan fingerprint density at radius 2 is 1.83 bits per heavy atom. The molecule has 0 aliphatic carbocycles. The standard InChI is InChI=1S/C28H34N10O14S2/c1-12(39)9-36-19(13-7-16(40)17(41)8-29-13)33-38(26(36)48)54(49,50)35-24(46)37-10-14(21(37)43)30-20(42)18(34-52-28(5,6)22(44)45)15-11-53-23(31-15)32-25(47)51-27(2,3)4/h7-8,11-12,14,39,41H,9-10H2,1-6H3,(H,29,40)(H,30,42)(H,35,46)(H,44,45)(H,31,32,47)/b34-18-/t12-,14+/m1/s1. The predicted molar refractivity (Wildman–Crippen MR) is 184 cm³/mol. The number of likely N-dealkylation sites (tertiary alicyclic amines) is 1. The highest BCUT2D eigenvalue weighted by Gasteiger charge is 2.44. The molecule has 3 aromatic heterocycles. The molecule has 3 aromatic rings. The van der Waals surface area contributed by atoms with Crippen LogP contribution in [0.5, 0.6) is 5.75 Å². The second kappa shape index (κ2) is 15.1. The van der Waals surface area contributed by atoms with Gasteiger partial charge in [0.1, 0.15) is 17.3 Å². The molecule has 1 saturated heterocycles. The van der Waals surface area contributed by atoms with Crippen molar-refractivity contribution in [2.75, 3.05) is 11.9 Å². The lowest BCUT2D eigenvalue weighted by Gasteiger charge is -2.36. The number of H-pyrrole nitrogens is 1. The molecule has 2 atom stereocenters. The highest BCUT2D eigenvalue weighted by atomic mass is 32.2. The maximum atomic E-state index is 13.3. The number of carboxylic acids is 1. The number of hydrogen-bond acceptors (Lipinski definition) is 17. The summed E-state index contributed by atoms with van der Waals surface area (Å²) in [6.45, 7) is 7.28. The van der Waals surface area contributed by atoms with E-state index in [1.165, 1.54) is 17.0 Å². The van der Waals surface area contributed by atoms with E-state index in [0.29, 0.717) is 9.47 Å². The molecule has 0 bridgehead atoms. The summed E-state index contributed by atoms with van der Waals surface area (Å²) in [6.07, 6.45) is -1.24. The van der Waals surface area contributed by atoms with E-state index < -0.39 is 105 Å². The number of aromatic nitrogens is 5. The summed E-state index contributed by atoms with van der Waals surface area (Å²) < 4.78 is 33.4. The molecule has 1 fully saturated rings. The molecule has 292 valence electrons. The van der Waals surface area contributed by atoms with Crippen molar-refractivity contribution in [3.8, 4) is 17.3 Å². The summed E-state index contributed by atoms with van der Waals surface area (Å²) in [5, 5.41) is 41.9. The van der Waals surface area contributed by atoms with Crippen LogP contribution in [0.15, 0.2) is 32.4 Å². The molecule has 1 aliphatic heterocycles. The quantitative estimate of drug-likeness (QED) is 0.0636. The Morgan fingerprint density at radius 1 is 1.17 bits per heavy atom. The molecule has 0 saturated carbocycles. The van der Waals surface area contributed by atoms with Gasteiger partial charge in [0.25, 0.3) is 11.8 Å². The summed E-state index contributed by atoms with van der Waals surface area (Å²) in [6, 6.07) is -2.20. The van der Waals surface area contributed by atoms with Crippen molar-refractivity contribution in [2.45, 2.75) is 71.4 Å². The van der Waals surface area contributed by atoms with Gasteiger partial charge in [0.2, 0.25) is 11.0 Å². The van der Waals surface area contributed by atoms with E-state index in [4.69, 9.17) is 9.57 Å². The van der Waals surface area contributed by atoms with Crippen LogP contribution in [0.25, 0.3) is 11.5 Å². The van der Waals surface area contributed by atoms with Gasteiger partial charge in [-0.15, -0.1) is 16.4 Å². The Balaban J connectivity index is 1.51. The number of thiazole rings is 1. The van der Waals surface area contributed by atoms with Crippen LogP contribution in [0.4, 0.5) is 14.7 Å². The molecule has 1 aliphatic rings. The third-order valence-electron chi connectivity index (χ3n) is 6.79. The van der Waals surface area contributed by atoms with E-state index in [1.54, 1.807) is 20.8 Å². The van der Waals surface area contributed by atoms with Crippen LogP contribution >= 0.6 is 11.3 Å². The molecule has 26 heteroatoms. The van der Waals surface area contributed by atoms with Crippen molar-refractivity contribution in [3.05, 3.63) is 44.0 Å². The summed E-state index contributed by atoms with van der Waals surface area (Å²) in [7, 11) is -5.19. The van der Waals surface area contributed by atoms with E-state index in [0.717, 1.165) is 37.4 Å². The molecule has 24 nitrogen and oxygen atoms in total. The molecular weight excluding hydrogens is 764 g/mol. The van der Waals surface area contributed by atoms with Gasteiger partial charge in [-0.25, -0.2) is 28.9 Å². The van der Waals surface area contributed by atoms with E-state index in [9.17, 15) is 57.3 Å². The van der Waals surface area contributed by atoms with Crippen LogP contribution in [-0.2, 0) is 40.7 Å². The molecule has 0 spiro atoms. The lowest BCUT2D eigenvalue weighted by atomic mass is 10.1. The number of aliphatic hydroxyl groups is 1. The number of β-lactam (4-membered cyclic amide) rings is 1. The lowest BCUT2D eigenvalue weighted by Crippen LogP contribution is -2.68. The zero-order chi connectivity index (χ0) is 40.5. The third kappa shape index (κ3) is 9.25. The first-order valence-corrected chi connectivity index (χ1v) is 17.7. The van der Waals surface area contributed by atoms with Crippen LogP contribution in [0.2, 0.25) is 0 Å². The van der Waals surface area contributed by atoms with E-state index in [2.05, 4.69) is 30.9 Å². The summed E-state index contributed by atoms with van der Waals surface area (Å²) in [5.41, 5.74) is -6.19. The van der Waals surface area contributed by atoms with Gasteiger partial charge in [-0.3, -0.25) is 29.2 Å². The number of nitrogens with one attached hydrogen (secondary N) is 4. The smallest absolute Gasteiger partial charge is 0.413 e. The van der Waals surface area contributed by atoms with Crippen molar-refractivity contribution < 1.29 is 57.3 Å². The van der Waals surface area contributed by atoms with Gasteiger partial charge in [0, 0.05) is 17.6 Å². The van der Waals surface area contributed by atoms with Gasteiger partial charge in [-0.05, 0) is 41.5 Å². The minimum atomic E-state index is -5.19.